The van der Waals surface area contributed by atoms with Crippen LogP contribution in [0.15, 0.2) is 0 Å². The average molecular weight is 298 g/mol. The predicted octanol–water partition coefficient (Wildman–Crippen LogP) is 0.785. The lowest BCUT2D eigenvalue weighted by Crippen LogP contribution is -2.48. The Morgan fingerprint density at radius 1 is 1.19 bits per heavy atom. The first-order chi connectivity index (χ1) is 9.74. The van der Waals surface area contributed by atoms with E-state index in [1.54, 1.807) is 4.90 Å². The van der Waals surface area contributed by atoms with Gasteiger partial charge in [-0.25, -0.2) is 9.59 Å². The van der Waals surface area contributed by atoms with E-state index in [1.807, 2.05) is 20.8 Å². The maximum atomic E-state index is 11.6. The Balaban J connectivity index is 1.64. The lowest BCUT2D eigenvalue weighted by atomic mass is 10.1. The smallest absolute Gasteiger partial charge is 0.407 e. The summed E-state index contributed by atoms with van der Waals surface area (Å²) >= 11 is 0. The van der Waals surface area contributed by atoms with Crippen molar-refractivity contribution in [2.45, 2.75) is 63.8 Å². The third kappa shape index (κ3) is 5.08. The highest BCUT2D eigenvalue weighted by atomic mass is 16.6. The van der Waals surface area contributed by atoms with Gasteiger partial charge in [0, 0.05) is 31.2 Å². The Bertz CT molecular complexity index is 400. The molecule has 0 aromatic rings. The highest BCUT2D eigenvalue weighted by Gasteiger charge is 2.40. The minimum absolute atomic E-state index is 0.147. The molecule has 2 unspecified atom stereocenters. The van der Waals surface area contributed by atoms with Crippen molar-refractivity contribution >= 4 is 12.1 Å². The summed E-state index contributed by atoms with van der Waals surface area (Å²) in [7, 11) is 0. The van der Waals surface area contributed by atoms with Gasteiger partial charge in [0.1, 0.15) is 5.60 Å². The van der Waals surface area contributed by atoms with Crippen LogP contribution in [0.3, 0.4) is 0 Å². The number of primary amides is 1. The molecule has 0 bridgehead atoms. The number of ether oxygens (including phenoxy) is 1. The second-order valence-electron chi connectivity index (χ2n) is 6.86. The summed E-state index contributed by atoms with van der Waals surface area (Å²) in [5.74, 6) is 0. The lowest BCUT2D eigenvalue weighted by molar-refractivity contribution is 0.0521. The van der Waals surface area contributed by atoms with Crippen LogP contribution in [0.1, 0.15) is 40.0 Å². The molecule has 7 heteroatoms. The van der Waals surface area contributed by atoms with Gasteiger partial charge in [-0.2, -0.15) is 0 Å². The van der Waals surface area contributed by atoms with Crippen molar-refractivity contribution in [3.05, 3.63) is 0 Å². The molecule has 2 atom stereocenters. The molecule has 1 heterocycles. The number of nitrogens with zero attached hydrogens (tertiary/aromatic N) is 1. The van der Waals surface area contributed by atoms with Gasteiger partial charge >= 0.3 is 12.1 Å². The molecular weight excluding hydrogens is 272 g/mol. The number of piperidine rings is 1. The van der Waals surface area contributed by atoms with Crippen molar-refractivity contribution in [1.82, 2.24) is 15.5 Å². The molecular formula is C14H26N4O3. The predicted molar refractivity (Wildman–Crippen MR) is 78.9 cm³/mol. The molecule has 1 saturated heterocycles. The normalized spacial score (nSPS) is 26.3. The highest BCUT2D eigenvalue weighted by Crippen LogP contribution is 2.24. The van der Waals surface area contributed by atoms with Gasteiger partial charge in [-0.05, 0) is 40.0 Å². The van der Waals surface area contributed by atoms with E-state index in [0.717, 1.165) is 19.3 Å². The summed E-state index contributed by atoms with van der Waals surface area (Å²) in [6, 6.07) is 0.497. The standard InChI is InChI=1S/C14H26N4O3/c1-14(2,3)21-13(20)17-11-8-10(11)16-9-4-6-18(7-5-9)12(15)19/h9-11,16H,4-8H2,1-3H3,(H2,15,19)(H,17,20). The third-order valence-electron chi connectivity index (χ3n) is 3.75. The number of amides is 3. The number of hydrogen-bond acceptors (Lipinski definition) is 4. The topological polar surface area (TPSA) is 96.7 Å². The van der Waals surface area contributed by atoms with E-state index in [-0.39, 0.29) is 18.2 Å². The van der Waals surface area contributed by atoms with Crippen LogP contribution in [-0.2, 0) is 4.74 Å². The number of alkyl carbamates (subject to hydrolysis) is 1. The highest BCUT2D eigenvalue weighted by molar-refractivity contribution is 5.72. The van der Waals surface area contributed by atoms with Gasteiger partial charge in [0.05, 0.1) is 0 Å². The maximum absolute atomic E-state index is 11.6. The first-order valence-corrected chi connectivity index (χ1v) is 7.54. The number of hydrogen-bond donors (Lipinski definition) is 3. The summed E-state index contributed by atoms with van der Waals surface area (Å²) in [6.07, 6.45) is 2.37. The molecule has 7 nitrogen and oxygen atoms in total. The number of rotatable bonds is 3. The molecule has 21 heavy (non-hydrogen) atoms. The molecule has 0 aromatic carbocycles. The van der Waals surface area contributed by atoms with Crippen molar-refractivity contribution in [2.75, 3.05) is 13.1 Å². The number of carbonyl (C=O) groups excluding carboxylic acids is 2. The van der Waals surface area contributed by atoms with Crippen LogP contribution in [0, 0.1) is 0 Å². The maximum Gasteiger partial charge on any atom is 0.407 e. The fourth-order valence-corrected chi connectivity index (χ4v) is 2.57. The van der Waals surface area contributed by atoms with Crippen LogP contribution >= 0.6 is 0 Å². The molecule has 1 aliphatic carbocycles. The molecule has 2 aliphatic rings. The van der Waals surface area contributed by atoms with E-state index < -0.39 is 5.60 Å². The van der Waals surface area contributed by atoms with E-state index in [9.17, 15) is 9.59 Å². The molecule has 0 aromatic heterocycles. The van der Waals surface area contributed by atoms with Crippen LogP contribution in [0.5, 0.6) is 0 Å². The van der Waals surface area contributed by atoms with Crippen molar-refractivity contribution in [3.8, 4) is 0 Å². The third-order valence-corrected chi connectivity index (χ3v) is 3.75. The average Bonchev–Trinajstić information content (AvgIpc) is 3.05. The van der Waals surface area contributed by atoms with Gasteiger partial charge in [-0.15, -0.1) is 0 Å². The van der Waals surface area contributed by atoms with Gasteiger partial charge in [0.25, 0.3) is 0 Å². The summed E-state index contributed by atoms with van der Waals surface area (Å²) in [5, 5.41) is 6.39. The van der Waals surface area contributed by atoms with E-state index in [0.29, 0.717) is 25.2 Å². The van der Waals surface area contributed by atoms with E-state index >= 15 is 0 Å². The first-order valence-electron chi connectivity index (χ1n) is 7.54. The van der Waals surface area contributed by atoms with Gasteiger partial charge < -0.3 is 26.0 Å². The Labute approximate surface area is 125 Å². The second kappa shape index (κ2) is 6.09. The van der Waals surface area contributed by atoms with E-state index in [2.05, 4.69) is 10.6 Å². The molecule has 2 rings (SSSR count). The molecule has 2 fully saturated rings. The molecule has 120 valence electrons. The molecule has 4 N–H and O–H groups in total. The first kappa shape index (κ1) is 15.9. The van der Waals surface area contributed by atoms with Crippen molar-refractivity contribution in [3.63, 3.8) is 0 Å². The SMILES string of the molecule is CC(C)(C)OC(=O)NC1CC1NC1CCN(C(N)=O)CC1. The van der Waals surface area contributed by atoms with Crippen molar-refractivity contribution in [1.29, 1.82) is 0 Å². The van der Waals surface area contributed by atoms with Gasteiger partial charge in [-0.1, -0.05) is 0 Å². The quantitative estimate of drug-likeness (QED) is 0.717. The summed E-state index contributed by atoms with van der Waals surface area (Å²) in [4.78, 5) is 24.4. The number of likely N-dealkylation sites (tertiary alicyclic amines) is 1. The van der Waals surface area contributed by atoms with Crippen LogP contribution in [0.25, 0.3) is 0 Å². The van der Waals surface area contributed by atoms with Crippen molar-refractivity contribution < 1.29 is 14.3 Å². The molecule has 3 amide bonds. The zero-order valence-corrected chi connectivity index (χ0v) is 13.0. The van der Waals surface area contributed by atoms with Crippen LogP contribution in [-0.4, -0.2) is 53.8 Å². The minimum Gasteiger partial charge on any atom is -0.444 e. The number of carbonyl (C=O) groups is 2. The van der Waals surface area contributed by atoms with Gasteiger partial charge in [-0.3, -0.25) is 0 Å². The number of nitrogens with one attached hydrogen (secondary N) is 2. The van der Waals surface area contributed by atoms with Gasteiger partial charge in [0.2, 0.25) is 0 Å². The zero-order chi connectivity index (χ0) is 15.6. The summed E-state index contributed by atoms with van der Waals surface area (Å²) in [5.41, 5.74) is 4.79. The summed E-state index contributed by atoms with van der Waals surface area (Å²) < 4.78 is 5.23. The second-order valence-corrected chi connectivity index (χ2v) is 6.86. The monoisotopic (exact) mass is 298 g/mol. The minimum atomic E-state index is -0.469. The largest absolute Gasteiger partial charge is 0.444 e. The fourth-order valence-electron chi connectivity index (χ4n) is 2.57. The Kier molecular flexibility index (Phi) is 4.61. The summed E-state index contributed by atoms with van der Waals surface area (Å²) in [6.45, 7) is 6.94. The molecule has 0 radical (unpaired) electrons. The molecule has 1 aliphatic heterocycles. The number of nitrogens with two attached hydrogens (primary N) is 1. The number of urea groups is 1. The van der Waals surface area contributed by atoms with Crippen LogP contribution in [0.2, 0.25) is 0 Å². The molecule has 0 spiro atoms. The Morgan fingerprint density at radius 2 is 1.81 bits per heavy atom. The fraction of sp³-hybridized carbons (Fsp3) is 0.857. The Morgan fingerprint density at radius 3 is 2.33 bits per heavy atom. The lowest BCUT2D eigenvalue weighted by Gasteiger charge is -2.31. The zero-order valence-electron chi connectivity index (χ0n) is 13.0. The van der Waals surface area contributed by atoms with E-state index in [1.165, 1.54) is 0 Å². The van der Waals surface area contributed by atoms with Gasteiger partial charge in [0.15, 0.2) is 0 Å². The van der Waals surface area contributed by atoms with Crippen LogP contribution < -0.4 is 16.4 Å². The van der Waals surface area contributed by atoms with Crippen LogP contribution in [0.4, 0.5) is 9.59 Å². The van der Waals surface area contributed by atoms with Crippen molar-refractivity contribution in [2.24, 2.45) is 5.73 Å². The Hall–Kier alpha value is -1.50. The molecule has 1 saturated carbocycles. The van der Waals surface area contributed by atoms with E-state index in [4.69, 9.17) is 10.5 Å².